The van der Waals surface area contributed by atoms with E-state index in [9.17, 15) is 9.59 Å². The van der Waals surface area contributed by atoms with E-state index in [4.69, 9.17) is 10.8 Å². The first kappa shape index (κ1) is 14.7. The molecular formula is C14H18N2O3S. The molecule has 20 heavy (non-hydrogen) atoms. The summed E-state index contributed by atoms with van der Waals surface area (Å²) in [7, 11) is 0. The van der Waals surface area contributed by atoms with Gasteiger partial charge >= 0.3 is 5.97 Å². The van der Waals surface area contributed by atoms with Gasteiger partial charge in [0, 0.05) is 24.0 Å². The minimum Gasteiger partial charge on any atom is -0.478 e. The van der Waals surface area contributed by atoms with Gasteiger partial charge in [-0.25, -0.2) is 4.79 Å². The Kier molecular flexibility index (Phi) is 4.25. The van der Waals surface area contributed by atoms with Crippen molar-refractivity contribution in [3.63, 3.8) is 0 Å². The van der Waals surface area contributed by atoms with Crippen molar-refractivity contribution in [2.24, 2.45) is 11.1 Å². The van der Waals surface area contributed by atoms with Gasteiger partial charge < -0.3 is 10.8 Å². The number of likely N-dealkylation sites (tertiary alicyclic amines) is 1. The van der Waals surface area contributed by atoms with Crippen molar-refractivity contribution in [3.8, 4) is 0 Å². The Morgan fingerprint density at radius 2 is 2.35 bits per heavy atom. The van der Waals surface area contributed by atoms with E-state index in [-0.39, 0.29) is 5.91 Å². The number of nitrogens with two attached hydrogens (primary N) is 1. The van der Waals surface area contributed by atoms with Crippen molar-refractivity contribution in [2.75, 3.05) is 13.1 Å². The summed E-state index contributed by atoms with van der Waals surface area (Å²) in [6.45, 7) is 4.22. The second kappa shape index (κ2) is 5.76. The van der Waals surface area contributed by atoms with Gasteiger partial charge in [0.15, 0.2) is 0 Å². The number of carbonyl (C=O) groups excluding carboxylic acids is 1. The third-order valence-electron chi connectivity index (χ3n) is 3.62. The molecule has 0 bridgehead atoms. The lowest BCUT2D eigenvalue weighted by Gasteiger charge is -2.20. The fourth-order valence-corrected chi connectivity index (χ4v) is 3.24. The molecule has 1 aromatic heterocycles. The van der Waals surface area contributed by atoms with E-state index in [0.717, 1.165) is 36.0 Å². The summed E-state index contributed by atoms with van der Waals surface area (Å²) in [5.41, 5.74) is 5.90. The van der Waals surface area contributed by atoms with E-state index < -0.39 is 11.4 Å². The van der Waals surface area contributed by atoms with Crippen LogP contribution in [0, 0.1) is 5.41 Å². The van der Waals surface area contributed by atoms with Crippen LogP contribution in [0.15, 0.2) is 17.5 Å². The number of aliphatic carboxylic acids is 1. The van der Waals surface area contributed by atoms with Crippen LogP contribution in [-0.4, -0.2) is 35.0 Å². The minimum absolute atomic E-state index is 0.240. The Bertz CT molecular complexity index is 552. The zero-order valence-electron chi connectivity index (χ0n) is 11.3. The number of rotatable bonds is 5. The van der Waals surface area contributed by atoms with Crippen molar-refractivity contribution < 1.29 is 14.7 Å². The maximum absolute atomic E-state index is 11.4. The summed E-state index contributed by atoms with van der Waals surface area (Å²) < 4.78 is 0. The highest BCUT2D eigenvalue weighted by Gasteiger charge is 2.38. The molecule has 0 radical (unpaired) electrons. The topological polar surface area (TPSA) is 83.6 Å². The molecule has 108 valence electrons. The molecule has 6 heteroatoms. The molecule has 1 unspecified atom stereocenters. The molecule has 5 nitrogen and oxygen atoms in total. The fourth-order valence-electron chi connectivity index (χ4n) is 2.35. The maximum Gasteiger partial charge on any atom is 0.328 e. The summed E-state index contributed by atoms with van der Waals surface area (Å²) in [5, 5.41) is 10.5. The van der Waals surface area contributed by atoms with E-state index in [2.05, 4.69) is 4.90 Å². The second-order valence-corrected chi connectivity index (χ2v) is 6.40. The molecule has 0 saturated carbocycles. The molecule has 1 aliphatic heterocycles. The van der Waals surface area contributed by atoms with Crippen molar-refractivity contribution in [2.45, 2.75) is 19.9 Å². The van der Waals surface area contributed by atoms with Crippen LogP contribution in [0.4, 0.5) is 0 Å². The predicted molar refractivity (Wildman–Crippen MR) is 78.2 cm³/mol. The van der Waals surface area contributed by atoms with E-state index in [0.29, 0.717) is 6.54 Å². The number of primary amides is 1. The third kappa shape index (κ3) is 3.46. The van der Waals surface area contributed by atoms with Crippen LogP contribution in [0.1, 0.15) is 23.8 Å². The maximum atomic E-state index is 11.4. The van der Waals surface area contributed by atoms with Gasteiger partial charge in [-0.15, -0.1) is 11.3 Å². The van der Waals surface area contributed by atoms with E-state index in [1.165, 1.54) is 0 Å². The molecule has 2 heterocycles. The second-order valence-electron chi connectivity index (χ2n) is 5.40. The van der Waals surface area contributed by atoms with Crippen molar-refractivity contribution in [3.05, 3.63) is 28.0 Å². The highest BCUT2D eigenvalue weighted by atomic mass is 32.1. The number of hydrogen-bond donors (Lipinski definition) is 2. The molecule has 0 spiro atoms. The van der Waals surface area contributed by atoms with Crippen LogP contribution >= 0.6 is 11.3 Å². The standard InChI is InChI=1S/C14H18N2O3S/c1-14(13(15)19)4-5-16(9-14)7-11-6-10(8-20-11)2-3-12(17)18/h2-3,6,8H,4-5,7,9H2,1H3,(H2,15,19)(H,17,18)/b3-2+. The number of carboxylic acids is 1. The highest BCUT2D eigenvalue weighted by molar-refractivity contribution is 7.10. The highest BCUT2D eigenvalue weighted by Crippen LogP contribution is 2.31. The molecule has 1 fully saturated rings. The number of hydrogen-bond acceptors (Lipinski definition) is 4. The largest absolute Gasteiger partial charge is 0.478 e. The summed E-state index contributed by atoms with van der Waals surface area (Å²) >= 11 is 1.59. The molecule has 2 rings (SSSR count). The first-order valence-electron chi connectivity index (χ1n) is 6.40. The number of amides is 1. The van der Waals surface area contributed by atoms with Gasteiger partial charge in [-0.05, 0) is 43.0 Å². The normalized spacial score (nSPS) is 23.4. The lowest BCUT2D eigenvalue weighted by Crippen LogP contribution is -2.36. The Hall–Kier alpha value is -1.66. The van der Waals surface area contributed by atoms with Gasteiger partial charge in [-0.1, -0.05) is 0 Å². The molecule has 1 saturated heterocycles. The predicted octanol–water partition coefficient (Wildman–Crippen LogP) is 1.54. The lowest BCUT2D eigenvalue weighted by atomic mass is 9.89. The summed E-state index contributed by atoms with van der Waals surface area (Å²) in [4.78, 5) is 25.2. The Balaban J connectivity index is 1.95. The van der Waals surface area contributed by atoms with Gasteiger partial charge in [0.2, 0.25) is 5.91 Å². The fraction of sp³-hybridized carbons (Fsp3) is 0.429. The summed E-state index contributed by atoms with van der Waals surface area (Å²) in [5.74, 6) is -1.19. The average Bonchev–Trinajstić information content (AvgIpc) is 2.95. The number of thiophene rings is 1. The smallest absolute Gasteiger partial charge is 0.328 e. The molecular weight excluding hydrogens is 276 g/mol. The van der Waals surface area contributed by atoms with Crippen LogP contribution in [0.3, 0.4) is 0 Å². The first-order valence-corrected chi connectivity index (χ1v) is 7.28. The van der Waals surface area contributed by atoms with Gasteiger partial charge in [0.05, 0.1) is 5.41 Å². The molecule has 1 atom stereocenters. The van der Waals surface area contributed by atoms with Gasteiger partial charge in [-0.3, -0.25) is 9.69 Å². The first-order chi connectivity index (χ1) is 9.39. The van der Waals surface area contributed by atoms with Gasteiger partial charge in [-0.2, -0.15) is 0 Å². The van der Waals surface area contributed by atoms with E-state index in [1.807, 2.05) is 18.4 Å². The summed E-state index contributed by atoms with van der Waals surface area (Å²) in [6.07, 6.45) is 3.51. The van der Waals surface area contributed by atoms with E-state index >= 15 is 0 Å². The minimum atomic E-state index is -0.950. The molecule has 1 aliphatic rings. The Labute approximate surface area is 121 Å². The molecule has 1 aromatic rings. The third-order valence-corrected chi connectivity index (χ3v) is 4.56. The molecule has 1 amide bonds. The average molecular weight is 294 g/mol. The monoisotopic (exact) mass is 294 g/mol. The van der Waals surface area contributed by atoms with Gasteiger partial charge in [0.25, 0.3) is 0 Å². The lowest BCUT2D eigenvalue weighted by molar-refractivity contribution is -0.131. The zero-order valence-corrected chi connectivity index (χ0v) is 12.2. The molecule has 0 aliphatic carbocycles. The quantitative estimate of drug-likeness (QED) is 0.807. The van der Waals surface area contributed by atoms with Crippen molar-refractivity contribution in [1.29, 1.82) is 0 Å². The number of nitrogens with zero attached hydrogens (tertiary/aromatic N) is 1. The Morgan fingerprint density at radius 3 is 2.95 bits per heavy atom. The van der Waals surface area contributed by atoms with Crippen molar-refractivity contribution in [1.82, 2.24) is 4.90 Å². The van der Waals surface area contributed by atoms with Gasteiger partial charge in [0.1, 0.15) is 0 Å². The Morgan fingerprint density at radius 1 is 1.60 bits per heavy atom. The number of carbonyl (C=O) groups is 2. The van der Waals surface area contributed by atoms with Crippen LogP contribution in [-0.2, 0) is 16.1 Å². The molecule has 3 N–H and O–H groups in total. The van der Waals surface area contributed by atoms with Crippen LogP contribution in [0.5, 0.6) is 0 Å². The zero-order chi connectivity index (χ0) is 14.8. The SMILES string of the molecule is CC1(C(N)=O)CCN(Cc2cc(/C=C/C(=O)O)cs2)C1. The van der Waals surface area contributed by atoms with Crippen LogP contribution < -0.4 is 5.73 Å². The molecule has 0 aromatic carbocycles. The summed E-state index contributed by atoms with van der Waals surface area (Å²) in [6, 6.07) is 1.98. The van der Waals surface area contributed by atoms with Crippen LogP contribution in [0.2, 0.25) is 0 Å². The van der Waals surface area contributed by atoms with E-state index in [1.54, 1.807) is 17.4 Å². The number of carboxylic acid groups (broad SMARTS) is 1. The van der Waals surface area contributed by atoms with Crippen LogP contribution in [0.25, 0.3) is 6.08 Å². The van der Waals surface area contributed by atoms with Crippen molar-refractivity contribution >= 4 is 29.3 Å².